The average Bonchev–Trinajstić information content (AvgIpc) is 2.17. The highest BCUT2D eigenvalue weighted by Crippen LogP contribution is 2.23. The van der Waals surface area contributed by atoms with E-state index in [9.17, 15) is 4.79 Å². The Bertz CT molecular complexity index is 169. The van der Waals surface area contributed by atoms with Crippen molar-refractivity contribution >= 4 is 5.97 Å². The second-order valence-electron chi connectivity index (χ2n) is 4.56. The second kappa shape index (κ2) is 7.72. The van der Waals surface area contributed by atoms with E-state index in [1.807, 2.05) is 0 Å². The largest absolute Gasteiger partial charge is 0.465 e. The fourth-order valence-electron chi connectivity index (χ4n) is 2.13. The first-order chi connectivity index (χ1) is 7.34. The summed E-state index contributed by atoms with van der Waals surface area (Å²) in [6, 6.07) is 0. The lowest BCUT2D eigenvalue weighted by molar-refractivity contribution is -0.149. The van der Waals surface area contributed by atoms with Gasteiger partial charge < -0.3 is 4.74 Å². The molecule has 0 radical (unpaired) electrons. The summed E-state index contributed by atoms with van der Waals surface area (Å²) in [5.74, 6) is 0.257. The van der Waals surface area contributed by atoms with Crippen LogP contribution in [-0.4, -0.2) is 12.6 Å². The minimum atomic E-state index is 0.0605. The summed E-state index contributed by atoms with van der Waals surface area (Å²) >= 11 is 0. The van der Waals surface area contributed by atoms with Crippen LogP contribution in [-0.2, 0) is 9.53 Å². The van der Waals surface area contributed by atoms with Crippen molar-refractivity contribution in [1.29, 1.82) is 0 Å². The van der Waals surface area contributed by atoms with Crippen molar-refractivity contribution in [1.82, 2.24) is 0 Å². The van der Waals surface area contributed by atoms with E-state index < -0.39 is 0 Å². The maximum Gasteiger partial charge on any atom is 0.308 e. The maximum absolute atomic E-state index is 11.7. The molecule has 1 saturated carbocycles. The Morgan fingerprint density at radius 1 is 1.13 bits per heavy atom. The first kappa shape index (κ1) is 12.5. The molecule has 1 rings (SSSR count). The number of carbonyl (C=O) groups excluding carboxylic acids is 1. The van der Waals surface area contributed by atoms with Crippen LogP contribution in [0, 0.1) is 5.92 Å². The van der Waals surface area contributed by atoms with Gasteiger partial charge in [-0.1, -0.05) is 45.4 Å². The highest BCUT2D eigenvalue weighted by molar-refractivity contribution is 5.72. The van der Waals surface area contributed by atoms with E-state index in [1.54, 1.807) is 0 Å². The lowest BCUT2D eigenvalue weighted by atomic mass is 9.91. The second-order valence-corrected chi connectivity index (χ2v) is 4.56. The van der Waals surface area contributed by atoms with Crippen molar-refractivity contribution < 1.29 is 9.53 Å². The van der Waals surface area contributed by atoms with Crippen LogP contribution in [0.5, 0.6) is 0 Å². The molecular weight excluding hydrogens is 188 g/mol. The van der Waals surface area contributed by atoms with Crippen molar-refractivity contribution in [2.45, 2.75) is 64.7 Å². The summed E-state index contributed by atoms with van der Waals surface area (Å²) in [5, 5.41) is 0. The van der Waals surface area contributed by atoms with Crippen LogP contribution < -0.4 is 0 Å². The Kier molecular flexibility index (Phi) is 6.45. The van der Waals surface area contributed by atoms with Crippen LogP contribution in [0.2, 0.25) is 0 Å². The maximum atomic E-state index is 11.7. The van der Waals surface area contributed by atoms with E-state index in [1.165, 1.54) is 32.1 Å². The van der Waals surface area contributed by atoms with Gasteiger partial charge >= 0.3 is 5.97 Å². The quantitative estimate of drug-likeness (QED) is 0.525. The molecule has 0 amide bonds. The molecule has 0 bridgehead atoms. The van der Waals surface area contributed by atoms with Gasteiger partial charge in [0, 0.05) is 0 Å². The molecular formula is C13H24O2. The first-order valence-corrected chi connectivity index (χ1v) is 6.51. The molecule has 0 unspecified atom stereocenters. The molecule has 0 aromatic carbocycles. The monoisotopic (exact) mass is 212 g/mol. The molecule has 88 valence electrons. The number of rotatable bonds is 4. The molecule has 0 aliphatic heterocycles. The van der Waals surface area contributed by atoms with Gasteiger partial charge in [-0.15, -0.1) is 0 Å². The molecule has 0 aromatic heterocycles. The molecule has 0 spiro atoms. The van der Waals surface area contributed by atoms with Gasteiger partial charge in [0.2, 0.25) is 0 Å². The van der Waals surface area contributed by atoms with Crippen molar-refractivity contribution in [3.05, 3.63) is 0 Å². The minimum absolute atomic E-state index is 0.0605. The van der Waals surface area contributed by atoms with E-state index in [2.05, 4.69) is 6.92 Å². The Balaban J connectivity index is 2.22. The van der Waals surface area contributed by atoms with Gasteiger partial charge in [0.05, 0.1) is 12.5 Å². The Labute approximate surface area is 93.4 Å². The molecule has 0 heterocycles. The molecule has 0 N–H and O–H groups in total. The van der Waals surface area contributed by atoms with Gasteiger partial charge in [0.15, 0.2) is 0 Å². The SMILES string of the molecule is CCCCOC(=O)C1CCCCCCC1. The highest BCUT2D eigenvalue weighted by atomic mass is 16.5. The summed E-state index contributed by atoms with van der Waals surface area (Å²) < 4.78 is 5.28. The number of hydrogen-bond acceptors (Lipinski definition) is 2. The number of carbonyl (C=O) groups is 1. The zero-order valence-electron chi connectivity index (χ0n) is 9.96. The zero-order chi connectivity index (χ0) is 10.9. The molecule has 0 atom stereocenters. The third kappa shape index (κ3) is 5.19. The summed E-state index contributed by atoms with van der Waals surface area (Å²) in [6.07, 6.45) is 10.5. The van der Waals surface area contributed by atoms with Crippen molar-refractivity contribution in [3.8, 4) is 0 Å². The molecule has 0 aromatic rings. The van der Waals surface area contributed by atoms with Gasteiger partial charge in [-0.05, 0) is 19.3 Å². The van der Waals surface area contributed by atoms with Crippen molar-refractivity contribution in [3.63, 3.8) is 0 Å². The van der Waals surface area contributed by atoms with E-state index in [0.29, 0.717) is 6.61 Å². The fraction of sp³-hybridized carbons (Fsp3) is 0.923. The van der Waals surface area contributed by atoms with Crippen LogP contribution in [0.1, 0.15) is 64.7 Å². The Morgan fingerprint density at radius 2 is 1.73 bits per heavy atom. The number of ether oxygens (including phenoxy) is 1. The van der Waals surface area contributed by atoms with Gasteiger partial charge in [-0.3, -0.25) is 4.79 Å². The average molecular weight is 212 g/mol. The molecule has 1 fully saturated rings. The van der Waals surface area contributed by atoms with E-state index in [4.69, 9.17) is 4.74 Å². The zero-order valence-corrected chi connectivity index (χ0v) is 9.96. The normalized spacial score (nSPS) is 19.3. The standard InChI is InChI=1S/C13H24O2/c1-2-3-11-15-13(14)12-9-7-5-4-6-8-10-12/h12H,2-11H2,1H3. The Hall–Kier alpha value is -0.530. The molecule has 1 aliphatic rings. The number of unbranched alkanes of at least 4 members (excludes halogenated alkanes) is 1. The summed E-state index contributed by atoms with van der Waals surface area (Å²) in [6.45, 7) is 2.73. The minimum Gasteiger partial charge on any atom is -0.465 e. The molecule has 1 aliphatic carbocycles. The van der Waals surface area contributed by atoms with Gasteiger partial charge in [0.1, 0.15) is 0 Å². The Morgan fingerprint density at radius 3 is 2.33 bits per heavy atom. The summed E-state index contributed by atoms with van der Waals surface area (Å²) in [4.78, 5) is 11.7. The van der Waals surface area contributed by atoms with E-state index in [-0.39, 0.29) is 11.9 Å². The fourth-order valence-corrected chi connectivity index (χ4v) is 2.13. The van der Waals surface area contributed by atoms with E-state index >= 15 is 0 Å². The van der Waals surface area contributed by atoms with Crippen LogP contribution in [0.25, 0.3) is 0 Å². The van der Waals surface area contributed by atoms with Gasteiger partial charge in [-0.25, -0.2) is 0 Å². The van der Waals surface area contributed by atoms with Crippen molar-refractivity contribution in [2.75, 3.05) is 6.61 Å². The van der Waals surface area contributed by atoms with Gasteiger partial charge in [-0.2, -0.15) is 0 Å². The third-order valence-electron chi connectivity index (χ3n) is 3.18. The smallest absolute Gasteiger partial charge is 0.308 e. The molecule has 2 heteroatoms. The van der Waals surface area contributed by atoms with E-state index in [0.717, 1.165) is 25.7 Å². The molecule has 2 nitrogen and oxygen atoms in total. The van der Waals surface area contributed by atoms with Crippen LogP contribution in [0.4, 0.5) is 0 Å². The number of hydrogen-bond donors (Lipinski definition) is 0. The van der Waals surface area contributed by atoms with Gasteiger partial charge in [0.25, 0.3) is 0 Å². The number of esters is 1. The van der Waals surface area contributed by atoms with Crippen molar-refractivity contribution in [2.24, 2.45) is 5.92 Å². The lowest BCUT2D eigenvalue weighted by Crippen LogP contribution is -2.19. The van der Waals surface area contributed by atoms with Crippen LogP contribution in [0.3, 0.4) is 0 Å². The summed E-state index contributed by atoms with van der Waals surface area (Å²) in [7, 11) is 0. The topological polar surface area (TPSA) is 26.3 Å². The highest BCUT2D eigenvalue weighted by Gasteiger charge is 2.20. The molecule has 0 saturated heterocycles. The molecule has 15 heavy (non-hydrogen) atoms. The first-order valence-electron chi connectivity index (χ1n) is 6.51. The lowest BCUT2D eigenvalue weighted by Gasteiger charge is -2.18. The summed E-state index contributed by atoms with van der Waals surface area (Å²) in [5.41, 5.74) is 0. The predicted octanol–water partition coefficient (Wildman–Crippen LogP) is 3.69. The van der Waals surface area contributed by atoms with Crippen LogP contribution >= 0.6 is 0 Å². The van der Waals surface area contributed by atoms with Crippen LogP contribution in [0.15, 0.2) is 0 Å². The third-order valence-corrected chi connectivity index (χ3v) is 3.18. The predicted molar refractivity (Wildman–Crippen MR) is 61.7 cm³/mol.